The molecule has 5 heteroatoms. The van der Waals surface area contributed by atoms with Crippen LogP contribution in [0.4, 0.5) is 0 Å². The highest BCUT2D eigenvalue weighted by molar-refractivity contribution is 5.96. The first kappa shape index (κ1) is 14.1. The Morgan fingerprint density at radius 3 is 2.90 bits per heavy atom. The number of ether oxygens (including phenoxy) is 2. The molecule has 0 N–H and O–H groups in total. The number of carbonyl (C=O) groups excluding carboxylic acids is 1. The summed E-state index contributed by atoms with van der Waals surface area (Å²) in [6.07, 6.45) is 1.65. The quantitative estimate of drug-likeness (QED) is 0.621. The van der Waals surface area contributed by atoms with Gasteiger partial charge < -0.3 is 14.0 Å². The van der Waals surface area contributed by atoms with Crippen LogP contribution in [0, 0.1) is 6.92 Å². The number of aryl methyl sites for hydroxylation is 2. The zero-order chi connectivity index (χ0) is 14.7. The van der Waals surface area contributed by atoms with Crippen molar-refractivity contribution in [2.75, 3.05) is 13.2 Å². The lowest BCUT2D eigenvalue weighted by atomic mass is 10.2. The van der Waals surface area contributed by atoms with Crippen LogP contribution in [0.3, 0.4) is 0 Å². The topological polar surface area (TPSA) is 53.4 Å². The molecular weight excluding hydrogens is 256 g/mol. The van der Waals surface area contributed by atoms with Crippen LogP contribution in [-0.4, -0.2) is 28.7 Å². The molecule has 1 heterocycles. The molecule has 0 unspecified atom stereocenters. The van der Waals surface area contributed by atoms with Crippen LogP contribution >= 0.6 is 0 Å². The fraction of sp³-hybridized carbons (Fsp3) is 0.333. The highest BCUT2D eigenvalue weighted by Gasteiger charge is 2.16. The Balaban J connectivity index is 2.58. The van der Waals surface area contributed by atoms with Gasteiger partial charge in [0.05, 0.1) is 17.7 Å². The van der Waals surface area contributed by atoms with E-state index in [-0.39, 0.29) is 5.97 Å². The van der Waals surface area contributed by atoms with Crippen molar-refractivity contribution in [1.82, 2.24) is 9.55 Å². The number of aromatic nitrogens is 2. The molecule has 0 spiro atoms. The summed E-state index contributed by atoms with van der Waals surface area (Å²) in [5.74, 6) is 1.05. The van der Waals surface area contributed by atoms with E-state index < -0.39 is 0 Å². The third kappa shape index (κ3) is 2.52. The summed E-state index contributed by atoms with van der Waals surface area (Å²) in [6, 6.07) is 3.43. The van der Waals surface area contributed by atoms with E-state index in [0.717, 1.165) is 16.9 Å². The summed E-state index contributed by atoms with van der Waals surface area (Å²) in [7, 11) is 1.90. The van der Waals surface area contributed by atoms with Gasteiger partial charge in [0.1, 0.15) is 23.7 Å². The molecule has 0 radical (unpaired) electrons. The molecule has 1 aromatic heterocycles. The van der Waals surface area contributed by atoms with Gasteiger partial charge in [0.25, 0.3) is 0 Å². The molecule has 0 saturated carbocycles. The predicted octanol–water partition coefficient (Wildman–Crippen LogP) is 2.62. The fourth-order valence-electron chi connectivity index (χ4n) is 1.96. The molecule has 0 atom stereocenters. The maximum atomic E-state index is 11.9. The molecule has 0 bridgehead atoms. The van der Waals surface area contributed by atoms with Gasteiger partial charge in [0.2, 0.25) is 0 Å². The minimum Gasteiger partial charge on any atom is -0.487 e. The Hall–Kier alpha value is -2.30. The molecule has 1 aromatic carbocycles. The van der Waals surface area contributed by atoms with E-state index in [1.165, 1.54) is 0 Å². The zero-order valence-corrected chi connectivity index (χ0v) is 12.0. The number of benzene rings is 1. The van der Waals surface area contributed by atoms with Gasteiger partial charge in [-0.15, -0.1) is 0 Å². The van der Waals surface area contributed by atoms with Crippen LogP contribution in [0.2, 0.25) is 0 Å². The van der Waals surface area contributed by atoms with E-state index >= 15 is 0 Å². The molecule has 2 aromatic rings. The van der Waals surface area contributed by atoms with Gasteiger partial charge in [-0.3, -0.25) is 0 Å². The number of carbonyl (C=O) groups is 1. The van der Waals surface area contributed by atoms with Crippen molar-refractivity contribution in [2.24, 2.45) is 7.05 Å². The number of fused-ring (bicyclic) bond motifs is 1. The van der Waals surface area contributed by atoms with Crippen molar-refractivity contribution in [2.45, 2.75) is 13.8 Å². The molecular formula is C15H18N2O3. The number of rotatable bonds is 5. The summed E-state index contributed by atoms with van der Waals surface area (Å²) in [5.41, 5.74) is 2.04. The first-order valence-corrected chi connectivity index (χ1v) is 6.46. The second kappa shape index (κ2) is 5.77. The van der Waals surface area contributed by atoms with Crippen molar-refractivity contribution in [3.05, 3.63) is 36.2 Å². The molecule has 5 nitrogen and oxygen atoms in total. The fourth-order valence-corrected chi connectivity index (χ4v) is 1.96. The largest absolute Gasteiger partial charge is 0.487 e. The molecule has 0 aliphatic carbocycles. The van der Waals surface area contributed by atoms with E-state index in [1.807, 2.05) is 18.5 Å². The Kier molecular flexibility index (Phi) is 4.08. The first-order valence-electron chi connectivity index (χ1n) is 6.46. The maximum Gasteiger partial charge on any atom is 0.338 e. The lowest BCUT2D eigenvalue weighted by Crippen LogP contribution is -2.06. The molecule has 0 fully saturated rings. The van der Waals surface area contributed by atoms with Crippen LogP contribution in [0.15, 0.2) is 24.8 Å². The standard InChI is InChI=1S/C15H18N2O3/c1-5-7-20-13-9-11(15(18)19-6-2)8-12-14(13)16-10(3)17(12)4/h5,8-9H,1,6-7H2,2-4H3. The predicted molar refractivity (Wildman–Crippen MR) is 77.1 cm³/mol. The van der Waals surface area contributed by atoms with Crippen molar-refractivity contribution in [1.29, 1.82) is 0 Å². The molecule has 0 amide bonds. The summed E-state index contributed by atoms with van der Waals surface area (Å²) in [6.45, 7) is 8.00. The smallest absolute Gasteiger partial charge is 0.338 e. The average molecular weight is 274 g/mol. The van der Waals surface area contributed by atoms with Crippen LogP contribution in [0.1, 0.15) is 23.1 Å². The van der Waals surface area contributed by atoms with Gasteiger partial charge in [0, 0.05) is 7.05 Å². The third-order valence-corrected chi connectivity index (χ3v) is 3.04. The second-order valence-electron chi connectivity index (χ2n) is 4.38. The Morgan fingerprint density at radius 2 is 2.25 bits per heavy atom. The van der Waals surface area contributed by atoms with E-state index in [2.05, 4.69) is 11.6 Å². The van der Waals surface area contributed by atoms with E-state index in [4.69, 9.17) is 9.47 Å². The van der Waals surface area contributed by atoms with Gasteiger partial charge in [-0.05, 0) is 26.0 Å². The minimum absolute atomic E-state index is 0.337. The Labute approximate surface area is 117 Å². The van der Waals surface area contributed by atoms with Crippen LogP contribution < -0.4 is 4.74 Å². The number of nitrogens with zero attached hydrogens (tertiary/aromatic N) is 2. The normalized spacial score (nSPS) is 10.6. The first-order chi connectivity index (χ1) is 9.58. The average Bonchev–Trinajstić information content (AvgIpc) is 2.72. The van der Waals surface area contributed by atoms with Crippen LogP contribution in [0.5, 0.6) is 5.75 Å². The number of hydrogen-bond donors (Lipinski definition) is 0. The molecule has 0 saturated heterocycles. The Morgan fingerprint density at radius 1 is 1.50 bits per heavy atom. The maximum absolute atomic E-state index is 11.9. The third-order valence-electron chi connectivity index (χ3n) is 3.04. The molecule has 0 aliphatic heterocycles. The van der Waals surface area contributed by atoms with Gasteiger partial charge in [-0.1, -0.05) is 12.7 Å². The number of imidazole rings is 1. The lowest BCUT2D eigenvalue weighted by Gasteiger charge is -2.08. The summed E-state index contributed by atoms with van der Waals surface area (Å²) in [4.78, 5) is 16.4. The molecule has 2 rings (SSSR count). The number of hydrogen-bond acceptors (Lipinski definition) is 4. The summed E-state index contributed by atoms with van der Waals surface area (Å²) < 4.78 is 12.6. The van der Waals surface area contributed by atoms with Crippen molar-refractivity contribution >= 4 is 17.0 Å². The Bertz CT molecular complexity index is 659. The SMILES string of the molecule is C=CCOc1cc(C(=O)OCC)cc2c1nc(C)n2C. The van der Waals surface area contributed by atoms with Gasteiger partial charge >= 0.3 is 5.97 Å². The minimum atomic E-state index is -0.364. The van der Waals surface area contributed by atoms with E-state index in [0.29, 0.717) is 24.5 Å². The molecule has 20 heavy (non-hydrogen) atoms. The van der Waals surface area contributed by atoms with Crippen molar-refractivity contribution in [3.8, 4) is 5.75 Å². The van der Waals surface area contributed by atoms with Crippen LogP contribution in [-0.2, 0) is 11.8 Å². The van der Waals surface area contributed by atoms with Crippen molar-refractivity contribution < 1.29 is 14.3 Å². The highest BCUT2D eigenvalue weighted by atomic mass is 16.5. The molecule has 106 valence electrons. The second-order valence-corrected chi connectivity index (χ2v) is 4.38. The van der Waals surface area contributed by atoms with Crippen LogP contribution in [0.25, 0.3) is 11.0 Å². The van der Waals surface area contributed by atoms with Crippen molar-refractivity contribution in [3.63, 3.8) is 0 Å². The monoisotopic (exact) mass is 274 g/mol. The highest BCUT2D eigenvalue weighted by Crippen LogP contribution is 2.28. The lowest BCUT2D eigenvalue weighted by molar-refractivity contribution is 0.0526. The van der Waals surface area contributed by atoms with Gasteiger partial charge in [0.15, 0.2) is 0 Å². The number of esters is 1. The zero-order valence-electron chi connectivity index (χ0n) is 12.0. The van der Waals surface area contributed by atoms with Gasteiger partial charge in [-0.2, -0.15) is 0 Å². The molecule has 0 aliphatic rings. The summed E-state index contributed by atoms with van der Waals surface area (Å²) >= 11 is 0. The van der Waals surface area contributed by atoms with Gasteiger partial charge in [-0.25, -0.2) is 9.78 Å². The summed E-state index contributed by atoms with van der Waals surface area (Å²) in [5, 5.41) is 0. The van der Waals surface area contributed by atoms with E-state index in [9.17, 15) is 4.79 Å². The van der Waals surface area contributed by atoms with E-state index in [1.54, 1.807) is 25.1 Å².